The van der Waals surface area contributed by atoms with Crippen molar-refractivity contribution in [3.05, 3.63) is 60.7 Å². The molecule has 43 heavy (non-hydrogen) atoms. The van der Waals surface area contributed by atoms with Crippen LogP contribution in [0.5, 0.6) is 0 Å². The lowest BCUT2D eigenvalue weighted by Crippen LogP contribution is -2.66. The molecular formula is C36H56O5Si2. The fraction of sp³-hybridized carbons (Fsp3) is 0.639. The number of fused-ring (bicyclic) bond motifs is 1. The molecule has 0 aliphatic carbocycles. The van der Waals surface area contributed by atoms with Crippen LogP contribution in [0.2, 0.25) is 23.2 Å². The molecule has 238 valence electrons. The first kappa shape index (κ1) is 34.1. The number of esters is 1. The SMILES string of the molecule is CC(C)(C)[Si](C)(C)O[C@@]1(C)CC[C@H]2OC(=O)CCC[C@@H]2O[C@@H]1CCCO[Si](c1ccccc1)(c1ccccc1)C(C)(C)C. The van der Waals surface area contributed by atoms with Crippen LogP contribution in [-0.4, -0.2) is 53.1 Å². The second kappa shape index (κ2) is 13.3. The van der Waals surface area contributed by atoms with E-state index in [1.807, 2.05) is 0 Å². The lowest BCUT2D eigenvalue weighted by molar-refractivity contribution is -0.159. The van der Waals surface area contributed by atoms with Gasteiger partial charge in [0.05, 0.1) is 17.8 Å². The molecule has 2 aromatic rings. The molecule has 0 saturated carbocycles. The van der Waals surface area contributed by atoms with E-state index in [1.165, 1.54) is 10.4 Å². The van der Waals surface area contributed by atoms with Gasteiger partial charge >= 0.3 is 5.97 Å². The maximum atomic E-state index is 12.4. The van der Waals surface area contributed by atoms with E-state index in [0.717, 1.165) is 38.5 Å². The van der Waals surface area contributed by atoms with Crippen molar-refractivity contribution in [2.75, 3.05) is 6.61 Å². The molecule has 2 saturated heterocycles. The van der Waals surface area contributed by atoms with Gasteiger partial charge in [0.2, 0.25) is 0 Å². The second-order valence-corrected chi connectivity index (χ2v) is 24.5. The number of rotatable bonds is 9. The molecule has 5 nitrogen and oxygen atoms in total. The summed E-state index contributed by atoms with van der Waals surface area (Å²) < 4.78 is 27.3. The third-order valence-corrected chi connectivity index (χ3v) is 19.8. The summed E-state index contributed by atoms with van der Waals surface area (Å²) in [7, 11) is -4.71. The lowest BCUT2D eigenvalue weighted by atomic mass is 9.90. The largest absolute Gasteiger partial charge is 0.460 e. The average molecular weight is 625 g/mol. The van der Waals surface area contributed by atoms with Gasteiger partial charge in [-0.2, -0.15) is 0 Å². The van der Waals surface area contributed by atoms with Gasteiger partial charge in [0.15, 0.2) is 8.32 Å². The molecule has 4 atom stereocenters. The highest BCUT2D eigenvalue weighted by Gasteiger charge is 2.51. The van der Waals surface area contributed by atoms with Crippen LogP contribution >= 0.6 is 0 Å². The molecule has 0 amide bonds. The van der Waals surface area contributed by atoms with E-state index < -0.39 is 22.2 Å². The number of hydrogen-bond acceptors (Lipinski definition) is 5. The van der Waals surface area contributed by atoms with E-state index in [4.69, 9.17) is 18.3 Å². The van der Waals surface area contributed by atoms with Crippen molar-refractivity contribution in [2.45, 2.75) is 140 Å². The zero-order valence-corrected chi connectivity index (χ0v) is 30.2. The summed E-state index contributed by atoms with van der Waals surface area (Å²) in [6.45, 7) is 21.4. The van der Waals surface area contributed by atoms with Gasteiger partial charge in [-0.25, -0.2) is 0 Å². The van der Waals surface area contributed by atoms with E-state index >= 15 is 0 Å². The van der Waals surface area contributed by atoms with Gasteiger partial charge in [-0.3, -0.25) is 4.79 Å². The van der Waals surface area contributed by atoms with Crippen molar-refractivity contribution in [2.24, 2.45) is 0 Å². The average Bonchev–Trinajstić information content (AvgIpc) is 3.17. The number of carbonyl (C=O) groups excluding carboxylic acids is 1. The molecule has 0 radical (unpaired) electrons. The molecule has 2 aromatic carbocycles. The summed E-state index contributed by atoms with van der Waals surface area (Å²) in [5.74, 6) is -0.0970. The summed E-state index contributed by atoms with van der Waals surface area (Å²) in [5, 5.41) is 2.62. The molecule has 2 aliphatic heterocycles. The lowest BCUT2D eigenvalue weighted by Gasteiger charge is -2.47. The molecule has 2 heterocycles. The molecular weight excluding hydrogens is 569 g/mol. The van der Waals surface area contributed by atoms with Gasteiger partial charge in [-0.1, -0.05) is 102 Å². The molecule has 0 aromatic heterocycles. The molecule has 0 bridgehead atoms. The Hall–Kier alpha value is -1.78. The molecule has 7 heteroatoms. The van der Waals surface area contributed by atoms with Gasteiger partial charge < -0.3 is 18.3 Å². The van der Waals surface area contributed by atoms with Gasteiger partial charge in [-0.15, -0.1) is 0 Å². The van der Waals surface area contributed by atoms with Crippen LogP contribution in [0.4, 0.5) is 0 Å². The highest BCUT2D eigenvalue weighted by Crippen LogP contribution is 2.45. The number of hydrogen-bond donors (Lipinski definition) is 0. The second-order valence-electron chi connectivity index (χ2n) is 15.5. The van der Waals surface area contributed by atoms with Crippen molar-refractivity contribution in [3.63, 3.8) is 0 Å². The molecule has 0 N–H and O–H groups in total. The fourth-order valence-corrected chi connectivity index (χ4v) is 13.1. The zero-order chi connectivity index (χ0) is 31.5. The van der Waals surface area contributed by atoms with E-state index in [9.17, 15) is 4.79 Å². The first-order valence-electron chi connectivity index (χ1n) is 16.4. The quantitative estimate of drug-likeness (QED) is 0.162. The third kappa shape index (κ3) is 7.55. The van der Waals surface area contributed by atoms with Crippen molar-refractivity contribution >= 4 is 33.0 Å². The van der Waals surface area contributed by atoms with Crippen LogP contribution in [0.1, 0.15) is 93.4 Å². The Morgan fingerprint density at radius 2 is 1.44 bits per heavy atom. The Balaban J connectivity index is 1.60. The van der Waals surface area contributed by atoms with Crippen molar-refractivity contribution < 1.29 is 23.1 Å². The van der Waals surface area contributed by atoms with Crippen LogP contribution in [0, 0.1) is 0 Å². The minimum absolute atomic E-state index is 0.0636. The van der Waals surface area contributed by atoms with E-state index in [-0.39, 0.29) is 34.4 Å². The Morgan fingerprint density at radius 1 is 0.860 bits per heavy atom. The van der Waals surface area contributed by atoms with Gasteiger partial charge in [0, 0.05) is 13.0 Å². The van der Waals surface area contributed by atoms with Crippen LogP contribution < -0.4 is 10.4 Å². The van der Waals surface area contributed by atoms with Gasteiger partial charge in [0.1, 0.15) is 6.10 Å². The topological polar surface area (TPSA) is 54.0 Å². The summed E-state index contributed by atoms with van der Waals surface area (Å²) >= 11 is 0. The summed E-state index contributed by atoms with van der Waals surface area (Å²) in [4.78, 5) is 12.4. The predicted octanol–water partition coefficient (Wildman–Crippen LogP) is 7.77. The summed E-state index contributed by atoms with van der Waals surface area (Å²) in [6.07, 6.45) is 5.04. The van der Waals surface area contributed by atoms with Crippen molar-refractivity contribution in [1.29, 1.82) is 0 Å². The minimum atomic E-state index is -2.61. The Kier molecular flexibility index (Phi) is 10.5. The molecule has 2 aliphatic rings. The highest BCUT2D eigenvalue weighted by molar-refractivity contribution is 6.99. The van der Waals surface area contributed by atoms with Crippen LogP contribution in [0.15, 0.2) is 60.7 Å². The smallest absolute Gasteiger partial charge is 0.306 e. The van der Waals surface area contributed by atoms with Gasteiger partial charge in [-0.05, 0) is 79.0 Å². The van der Waals surface area contributed by atoms with Crippen LogP contribution in [0.25, 0.3) is 0 Å². The first-order chi connectivity index (χ1) is 20.1. The maximum absolute atomic E-state index is 12.4. The Morgan fingerprint density at radius 3 is 1.98 bits per heavy atom. The van der Waals surface area contributed by atoms with Crippen LogP contribution in [0.3, 0.4) is 0 Å². The van der Waals surface area contributed by atoms with E-state index in [1.54, 1.807) is 0 Å². The van der Waals surface area contributed by atoms with Crippen molar-refractivity contribution in [3.8, 4) is 0 Å². The fourth-order valence-electron chi connectivity index (χ4n) is 6.76. The van der Waals surface area contributed by atoms with Crippen molar-refractivity contribution in [1.82, 2.24) is 0 Å². The predicted molar refractivity (Wildman–Crippen MR) is 181 cm³/mol. The van der Waals surface area contributed by atoms with Crippen LogP contribution in [-0.2, 0) is 23.1 Å². The third-order valence-electron chi connectivity index (χ3n) is 10.2. The molecule has 0 spiro atoms. The summed E-state index contributed by atoms with van der Waals surface area (Å²) in [6, 6.07) is 21.7. The minimum Gasteiger partial charge on any atom is -0.460 e. The standard InChI is InChI=1S/C36H56O5Si2/c1-34(2,3)42(8,9)41-36(7)26-25-31-30(22-16-24-33(37)40-31)39-32(36)23-17-27-38-43(35(4,5)6,28-18-12-10-13-19-28)29-20-14-11-15-21-29/h10-15,18-21,30-32H,16-17,22-27H2,1-9H3/t30-,31+,32+,36-/m0/s1. The highest BCUT2D eigenvalue weighted by atomic mass is 28.4. The normalized spacial score (nSPS) is 25.8. The zero-order valence-electron chi connectivity index (χ0n) is 28.2. The van der Waals surface area contributed by atoms with E-state index in [2.05, 4.69) is 122 Å². The Labute approximate surface area is 263 Å². The molecule has 4 rings (SSSR count). The van der Waals surface area contributed by atoms with Gasteiger partial charge in [0.25, 0.3) is 8.32 Å². The number of benzene rings is 2. The summed E-state index contributed by atoms with van der Waals surface area (Å²) in [5.41, 5.74) is -0.459. The first-order valence-corrected chi connectivity index (χ1v) is 21.2. The molecule has 0 unspecified atom stereocenters. The monoisotopic (exact) mass is 624 g/mol. The Bertz CT molecular complexity index is 1150. The number of carbonyl (C=O) groups is 1. The van der Waals surface area contributed by atoms with E-state index in [0.29, 0.717) is 13.0 Å². The molecule has 2 fully saturated rings. The number of ether oxygens (including phenoxy) is 2. The maximum Gasteiger partial charge on any atom is 0.306 e.